The number of halogens is 1. The molecule has 0 radical (unpaired) electrons. The number of carbonyl (C=O) groups excluding carboxylic acids is 2. The molecule has 1 aromatic rings. The molecule has 0 heterocycles. The molecular weight excluding hydrogens is 288 g/mol. The van der Waals surface area contributed by atoms with Crippen molar-refractivity contribution in [3.8, 4) is 5.75 Å². The molecule has 4 N–H and O–H groups in total. The molecule has 6 heteroatoms. The van der Waals surface area contributed by atoms with Crippen LogP contribution in [0.4, 0.5) is 0 Å². The minimum absolute atomic E-state index is 0.0857. The molecule has 0 spiro atoms. The summed E-state index contributed by atoms with van der Waals surface area (Å²) >= 11 is 3.16. The lowest BCUT2D eigenvalue weighted by atomic mass is 10.0. The van der Waals surface area contributed by atoms with Crippen molar-refractivity contribution in [2.75, 3.05) is 0 Å². The van der Waals surface area contributed by atoms with Gasteiger partial charge in [0.2, 0.25) is 5.91 Å². The predicted molar refractivity (Wildman–Crippen MR) is 66.5 cm³/mol. The average Bonchev–Trinajstić information content (AvgIpc) is 2.15. The van der Waals surface area contributed by atoms with Crippen molar-refractivity contribution < 1.29 is 14.7 Å². The highest BCUT2D eigenvalue weighted by Gasteiger charge is 2.28. The average molecular weight is 301 g/mol. The van der Waals surface area contributed by atoms with Gasteiger partial charge in [-0.15, -0.1) is 0 Å². The number of benzene rings is 1. The van der Waals surface area contributed by atoms with Crippen molar-refractivity contribution in [2.24, 2.45) is 5.73 Å². The highest BCUT2D eigenvalue weighted by atomic mass is 79.9. The number of primary amides is 1. The molecule has 0 aliphatic carbocycles. The van der Waals surface area contributed by atoms with Gasteiger partial charge < -0.3 is 16.2 Å². The van der Waals surface area contributed by atoms with Gasteiger partial charge in [0, 0.05) is 4.47 Å². The minimum atomic E-state index is -1.17. The van der Waals surface area contributed by atoms with Gasteiger partial charge in [0.25, 0.3) is 5.91 Å². The van der Waals surface area contributed by atoms with Crippen LogP contribution in [0.1, 0.15) is 24.2 Å². The summed E-state index contributed by atoms with van der Waals surface area (Å²) in [6, 6.07) is 4.46. The molecule has 0 aliphatic heterocycles. The number of amides is 2. The Bertz CT molecular complexity index is 472. The Labute approximate surface area is 107 Å². The van der Waals surface area contributed by atoms with Crippen molar-refractivity contribution in [2.45, 2.75) is 19.4 Å². The van der Waals surface area contributed by atoms with E-state index >= 15 is 0 Å². The molecule has 0 aliphatic rings. The van der Waals surface area contributed by atoms with Crippen LogP contribution in [-0.4, -0.2) is 22.5 Å². The zero-order chi connectivity index (χ0) is 13.2. The lowest BCUT2D eigenvalue weighted by Crippen LogP contribution is -2.53. The van der Waals surface area contributed by atoms with Crippen LogP contribution in [0.5, 0.6) is 5.75 Å². The monoisotopic (exact) mass is 300 g/mol. The van der Waals surface area contributed by atoms with E-state index in [-0.39, 0.29) is 11.3 Å². The first kappa shape index (κ1) is 13.5. The van der Waals surface area contributed by atoms with Crippen molar-refractivity contribution in [3.63, 3.8) is 0 Å². The Morgan fingerprint density at radius 3 is 2.47 bits per heavy atom. The summed E-state index contributed by atoms with van der Waals surface area (Å²) in [4.78, 5) is 22.9. The fourth-order valence-corrected chi connectivity index (χ4v) is 1.46. The van der Waals surface area contributed by atoms with E-state index in [9.17, 15) is 14.7 Å². The summed E-state index contributed by atoms with van der Waals surface area (Å²) in [5.41, 5.74) is 4.05. The summed E-state index contributed by atoms with van der Waals surface area (Å²) < 4.78 is 0.653. The normalized spacial score (nSPS) is 11.0. The first-order chi connectivity index (χ1) is 7.74. The second kappa shape index (κ2) is 4.75. The summed E-state index contributed by atoms with van der Waals surface area (Å²) in [6.45, 7) is 2.98. The Morgan fingerprint density at radius 2 is 2.00 bits per heavy atom. The molecule has 0 saturated carbocycles. The molecule has 92 valence electrons. The van der Waals surface area contributed by atoms with E-state index in [4.69, 9.17) is 5.73 Å². The Kier molecular flexibility index (Phi) is 3.77. The molecule has 0 unspecified atom stereocenters. The highest BCUT2D eigenvalue weighted by Crippen LogP contribution is 2.22. The first-order valence-corrected chi connectivity index (χ1v) is 5.64. The van der Waals surface area contributed by atoms with Crippen molar-refractivity contribution >= 4 is 27.7 Å². The van der Waals surface area contributed by atoms with Gasteiger partial charge in [-0.1, -0.05) is 15.9 Å². The van der Waals surface area contributed by atoms with Crippen molar-refractivity contribution in [1.29, 1.82) is 0 Å². The molecule has 0 bridgehead atoms. The van der Waals surface area contributed by atoms with Crippen LogP contribution >= 0.6 is 15.9 Å². The van der Waals surface area contributed by atoms with E-state index in [1.54, 1.807) is 6.07 Å². The van der Waals surface area contributed by atoms with Crippen LogP contribution in [0.2, 0.25) is 0 Å². The summed E-state index contributed by atoms with van der Waals surface area (Å²) in [5, 5.41) is 12.0. The third-order valence-corrected chi connectivity index (χ3v) is 2.74. The summed E-state index contributed by atoms with van der Waals surface area (Å²) in [7, 11) is 0. The lowest BCUT2D eigenvalue weighted by molar-refractivity contribution is -0.122. The highest BCUT2D eigenvalue weighted by molar-refractivity contribution is 9.10. The van der Waals surface area contributed by atoms with Gasteiger partial charge in [0.15, 0.2) is 0 Å². The van der Waals surface area contributed by atoms with Crippen molar-refractivity contribution in [1.82, 2.24) is 5.32 Å². The quantitative estimate of drug-likeness (QED) is 0.782. The topological polar surface area (TPSA) is 92.4 Å². The Morgan fingerprint density at radius 1 is 1.41 bits per heavy atom. The van der Waals surface area contributed by atoms with Crippen molar-refractivity contribution in [3.05, 3.63) is 28.2 Å². The van der Waals surface area contributed by atoms with Crippen LogP contribution in [0.3, 0.4) is 0 Å². The fourth-order valence-electron chi connectivity index (χ4n) is 1.11. The minimum Gasteiger partial charge on any atom is -0.507 e. The molecule has 0 atom stereocenters. The molecule has 2 amide bonds. The molecule has 0 fully saturated rings. The number of hydrogen-bond donors (Lipinski definition) is 3. The van der Waals surface area contributed by atoms with E-state index in [1.165, 1.54) is 26.0 Å². The van der Waals surface area contributed by atoms with E-state index in [0.717, 1.165) is 0 Å². The van der Waals surface area contributed by atoms with Crippen LogP contribution in [-0.2, 0) is 4.79 Å². The number of aromatic hydroxyl groups is 1. The van der Waals surface area contributed by atoms with Gasteiger partial charge in [-0.25, -0.2) is 0 Å². The molecule has 17 heavy (non-hydrogen) atoms. The Hall–Kier alpha value is -1.56. The third-order valence-electron chi connectivity index (χ3n) is 2.25. The van der Waals surface area contributed by atoms with E-state index in [1.807, 2.05) is 0 Å². The molecule has 1 rings (SSSR count). The van der Waals surface area contributed by atoms with Gasteiger partial charge in [0.05, 0.1) is 5.56 Å². The second-order valence-electron chi connectivity index (χ2n) is 4.10. The molecule has 1 aromatic carbocycles. The van der Waals surface area contributed by atoms with Crippen LogP contribution < -0.4 is 11.1 Å². The van der Waals surface area contributed by atoms with Crippen LogP contribution in [0, 0.1) is 0 Å². The van der Waals surface area contributed by atoms with Gasteiger partial charge in [-0.05, 0) is 32.0 Å². The molecular formula is C11H13BrN2O3. The maximum absolute atomic E-state index is 11.8. The van der Waals surface area contributed by atoms with Gasteiger partial charge in [-0.3, -0.25) is 9.59 Å². The number of carbonyl (C=O) groups is 2. The fraction of sp³-hybridized carbons (Fsp3) is 0.273. The summed E-state index contributed by atoms with van der Waals surface area (Å²) in [6.07, 6.45) is 0. The lowest BCUT2D eigenvalue weighted by Gasteiger charge is -2.22. The number of phenolic OH excluding ortho intramolecular Hbond substituents is 1. The molecule has 5 nitrogen and oxygen atoms in total. The third kappa shape index (κ3) is 3.20. The molecule has 0 saturated heterocycles. The first-order valence-electron chi connectivity index (χ1n) is 4.85. The van der Waals surface area contributed by atoms with E-state index < -0.39 is 17.4 Å². The maximum atomic E-state index is 11.8. The zero-order valence-electron chi connectivity index (χ0n) is 9.45. The molecule has 0 aromatic heterocycles. The second-order valence-corrected chi connectivity index (χ2v) is 5.02. The number of phenols is 1. The largest absolute Gasteiger partial charge is 0.507 e. The number of nitrogens with two attached hydrogens (primary N) is 1. The number of hydrogen-bond acceptors (Lipinski definition) is 3. The maximum Gasteiger partial charge on any atom is 0.255 e. The predicted octanol–water partition coefficient (Wildman–Crippen LogP) is 1.15. The van der Waals surface area contributed by atoms with Gasteiger partial charge >= 0.3 is 0 Å². The van der Waals surface area contributed by atoms with Gasteiger partial charge in [0.1, 0.15) is 11.3 Å². The SMILES string of the molecule is CC(C)(NC(=O)c1ccc(Br)cc1O)C(N)=O. The standard InChI is InChI=1S/C11H13BrN2O3/c1-11(2,10(13)17)14-9(16)7-4-3-6(12)5-8(7)15/h3-5,15H,1-2H3,(H2,13,17)(H,14,16). The van der Waals surface area contributed by atoms with E-state index in [2.05, 4.69) is 21.2 Å². The zero-order valence-corrected chi connectivity index (χ0v) is 11.0. The number of nitrogens with one attached hydrogen (secondary N) is 1. The van der Waals surface area contributed by atoms with Gasteiger partial charge in [-0.2, -0.15) is 0 Å². The summed E-state index contributed by atoms with van der Waals surface area (Å²) in [5.74, 6) is -1.38. The Balaban J connectivity index is 2.95. The van der Waals surface area contributed by atoms with E-state index in [0.29, 0.717) is 4.47 Å². The van der Waals surface area contributed by atoms with Crippen LogP contribution in [0.25, 0.3) is 0 Å². The number of rotatable bonds is 3. The smallest absolute Gasteiger partial charge is 0.255 e. The van der Waals surface area contributed by atoms with Crippen LogP contribution in [0.15, 0.2) is 22.7 Å².